The Labute approximate surface area is 141 Å². The van der Waals surface area contributed by atoms with Crippen LogP contribution in [0.25, 0.3) is 0 Å². The summed E-state index contributed by atoms with van der Waals surface area (Å²) in [4.78, 5) is 16.9. The first kappa shape index (κ1) is 15.2. The Morgan fingerprint density at radius 2 is 1.58 bits per heavy atom. The molecule has 0 spiro atoms. The van der Waals surface area contributed by atoms with Gasteiger partial charge in [-0.2, -0.15) is 0 Å². The summed E-state index contributed by atoms with van der Waals surface area (Å²) in [5.41, 5.74) is 1.90. The number of halogens is 1. The van der Waals surface area contributed by atoms with Crippen molar-refractivity contribution in [3.63, 3.8) is 0 Å². The lowest BCUT2D eigenvalue weighted by molar-refractivity contribution is -0.132. The minimum atomic E-state index is -0.188. The van der Waals surface area contributed by atoms with Crippen LogP contribution in [0.2, 0.25) is 0 Å². The summed E-state index contributed by atoms with van der Waals surface area (Å²) in [6, 6.07) is 17.1. The van der Waals surface area contributed by atoms with E-state index in [9.17, 15) is 9.18 Å². The van der Waals surface area contributed by atoms with Crippen LogP contribution in [0.1, 0.15) is 17.9 Å². The molecule has 24 heavy (non-hydrogen) atoms. The fourth-order valence-corrected chi connectivity index (χ4v) is 3.65. The molecule has 2 unspecified atom stereocenters. The van der Waals surface area contributed by atoms with Gasteiger partial charge in [0.25, 0.3) is 0 Å². The summed E-state index contributed by atoms with van der Waals surface area (Å²) in [5.74, 6) is 0.0266. The number of carbonyl (C=O) groups excluding carboxylic acids is 1. The minimum Gasteiger partial charge on any atom is -0.368 e. The molecule has 1 aliphatic heterocycles. The Balaban J connectivity index is 1.35. The number of carbonyl (C=O) groups is 1. The molecular formula is C20H21FN2O. The van der Waals surface area contributed by atoms with Crippen LogP contribution in [-0.2, 0) is 4.79 Å². The van der Waals surface area contributed by atoms with Gasteiger partial charge < -0.3 is 9.80 Å². The molecule has 1 saturated heterocycles. The largest absolute Gasteiger partial charge is 0.368 e. The number of amides is 1. The van der Waals surface area contributed by atoms with Crippen molar-refractivity contribution in [2.45, 2.75) is 12.3 Å². The van der Waals surface area contributed by atoms with Gasteiger partial charge in [0.05, 0.1) is 0 Å². The van der Waals surface area contributed by atoms with Gasteiger partial charge >= 0.3 is 0 Å². The maximum absolute atomic E-state index is 13.9. The van der Waals surface area contributed by atoms with E-state index in [4.69, 9.17) is 0 Å². The summed E-state index contributed by atoms with van der Waals surface area (Å²) >= 11 is 0. The Bertz CT molecular complexity index is 725. The minimum absolute atomic E-state index is 0.0369. The molecule has 1 saturated carbocycles. The molecule has 1 heterocycles. The zero-order valence-corrected chi connectivity index (χ0v) is 13.6. The quantitative estimate of drug-likeness (QED) is 0.865. The van der Waals surface area contributed by atoms with Crippen LogP contribution in [0.15, 0.2) is 54.6 Å². The van der Waals surface area contributed by atoms with E-state index in [2.05, 4.69) is 17.0 Å². The second kappa shape index (κ2) is 6.27. The molecule has 0 aromatic heterocycles. The first-order valence-corrected chi connectivity index (χ1v) is 8.57. The molecule has 2 atom stereocenters. The normalized spacial score (nSPS) is 23.2. The van der Waals surface area contributed by atoms with Crippen LogP contribution in [-0.4, -0.2) is 37.0 Å². The molecule has 2 aromatic rings. The molecule has 3 nitrogen and oxygen atoms in total. The van der Waals surface area contributed by atoms with E-state index in [-0.39, 0.29) is 23.6 Å². The van der Waals surface area contributed by atoms with Crippen LogP contribution >= 0.6 is 0 Å². The van der Waals surface area contributed by atoms with E-state index < -0.39 is 0 Å². The molecule has 2 fully saturated rings. The van der Waals surface area contributed by atoms with Gasteiger partial charge in [-0.1, -0.05) is 36.4 Å². The number of piperazine rings is 1. The topological polar surface area (TPSA) is 23.6 Å². The van der Waals surface area contributed by atoms with E-state index in [1.165, 1.54) is 11.8 Å². The van der Waals surface area contributed by atoms with Crippen molar-refractivity contribution in [1.82, 2.24) is 4.90 Å². The average molecular weight is 324 g/mol. The molecule has 2 aliphatic rings. The Kier molecular flexibility index (Phi) is 3.97. The molecule has 4 heteroatoms. The van der Waals surface area contributed by atoms with Crippen molar-refractivity contribution < 1.29 is 9.18 Å². The SMILES string of the molecule is O=C(C1CC1c1ccccc1F)N1CCN(c2ccccc2)CC1. The first-order chi connectivity index (χ1) is 11.7. The smallest absolute Gasteiger partial charge is 0.226 e. The first-order valence-electron chi connectivity index (χ1n) is 8.57. The van der Waals surface area contributed by atoms with Gasteiger partial charge in [0, 0.05) is 37.8 Å². The third-order valence-corrected chi connectivity index (χ3v) is 5.13. The molecule has 1 amide bonds. The summed E-state index contributed by atoms with van der Waals surface area (Å²) in [6.07, 6.45) is 0.776. The highest BCUT2D eigenvalue weighted by molar-refractivity contribution is 5.83. The standard InChI is InChI=1S/C20H21FN2O/c21-19-9-5-4-8-16(19)17-14-18(17)20(24)23-12-10-22(11-13-23)15-6-2-1-3-7-15/h1-9,17-18H,10-14H2. The van der Waals surface area contributed by atoms with Crippen molar-refractivity contribution >= 4 is 11.6 Å². The van der Waals surface area contributed by atoms with E-state index in [1.54, 1.807) is 12.1 Å². The fraction of sp³-hybridized carbons (Fsp3) is 0.350. The number of hydrogen-bond donors (Lipinski definition) is 0. The molecule has 4 rings (SSSR count). The van der Waals surface area contributed by atoms with Crippen LogP contribution in [0, 0.1) is 11.7 Å². The number of anilines is 1. The van der Waals surface area contributed by atoms with E-state index in [0.29, 0.717) is 5.56 Å². The number of nitrogens with zero attached hydrogens (tertiary/aromatic N) is 2. The Morgan fingerprint density at radius 3 is 2.29 bits per heavy atom. The highest BCUT2D eigenvalue weighted by Crippen LogP contribution is 2.49. The van der Waals surface area contributed by atoms with Gasteiger partial charge in [0.2, 0.25) is 5.91 Å². The van der Waals surface area contributed by atoms with Gasteiger partial charge in [-0.25, -0.2) is 4.39 Å². The van der Waals surface area contributed by atoms with Crippen LogP contribution < -0.4 is 4.90 Å². The molecule has 0 N–H and O–H groups in total. The monoisotopic (exact) mass is 324 g/mol. The van der Waals surface area contributed by atoms with Gasteiger partial charge in [-0.15, -0.1) is 0 Å². The van der Waals surface area contributed by atoms with Gasteiger partial charge in [-0.05, 0) is 36.1 Å². The number of para-hydroxylation sites is 1. The molecule has 124 valence electrons. The lowest BCUT2D eigenvalue weighted by atomic mass is 10.1. The molecule has 0 bridgehead atoms. The predicted molar refractivity (Wildman–Crippen MR) is 92.5 cm³/mol. The van der Waals surface area contributed by atoms with Crippen molar-refractivity contribution in [3.8, 4) is 0 Å². The van der Waals surface area contributed by atoms with Crippen LogP contribution in [0.3, 0.4) is 0 Å². The zero-order valence-electron chi connectivity index (χ0n) is 13.6. The number of benzene rings is 2. The summed E-state index contributed by atoms with van der Waals surface area (Å²) in [6.45, 7) is 3.20. The number of rotatable bonds is 3. The third-order valence-electron chi connectivity index (χ3n) is 5.13. The van der Waals surface area contributed by atoms with Gasteiger partial charge in [0.15, 0.2) is 0 Å². The van der Waals surface area contributed by atoms with Crippen molar-refractivity contribution in [2.24, 2.45) is 5.92 Å². The third kappa shape index (κ3) is 2.88. The van der Waals surface area contributed by atoms with Crippen molar-refractivity contribution in [2.75, 3.05) is 31.1 Å². The van der Waals surface area contributed by atoms with Gasteiger partial charge in [0.1, 0.15) is 5.82 Å². The second-order valence-electron chi connectivity index (χ2n) is 6.62. The molecule has 0 radical (unpaired) electrons. The summed E-state index contributed by atoms with van der Waals surface area (Å²) in [5, 5.41) is 0. The zero-order chi connectivity index (χ0) is 16.5. The highest BCUT2D eigenvalue weighted by atomic mass is 19.1. The average Bonchev–Trinajstić information content (AvgIpc) is 3.43. The Hall–Kier alpha value is -2.36. The van der Waals surface area contributed by atoms with Crippen molar-refractivity contribution in [1.29, 1.82) is 0 Å². The lowest BCUT2D eigenvalue weighted by Crippen LogP contribution is -2.49. The van der Waals surface area contributed by atoms with E-state index in [1.807, 2.05) is 29.2 Å². The summed E-state index contributed by atoms with van der Waals surface area (Å²) in [7, 11) is 0. The predicted octanol–water partition coefficient (Wildman–Crippen LogP) is 3.28. The van der Waals surface area contributed by atoms with Gasteiger partial charge in [-0.3, -0.25) is 4.79 Å². The molecule has 1 aliphatic carbocycles. The Morgan fingerprint density at radius 1 is 0.917 bits per heavy atom. The highest BCUT2D eigenvalue weighted by Gasteiger charge is 2.47. The van der Waals surface area contributed by atoms with Crippen molar-refractivity contribution in [3.05, 3.63) is 66.0 Å². The maximum Gasteiger partial charge on any atom is 0.226 e. The number of hydrogen-bond acceptors (Lipinski definition) is 2. The molecular weight excluding hydrogens is 303 g/mol. The van der Waals surface area contributed by atoms with Crippen LogP contribution in [0.5, 0.6) is 0 Å². The van der Waals surface area contributed by atoms with E-state index in [0.717, 1.165) is 32.6 Å². The second-order valence-corrected chi connectivity index (χ2v) is 6.62. The molecule has 2 aromatic carbocycles. The fourth-order valence-electron chi connectivity index (χ4n) is 3.65. The van der Waals surface area contributed by atoms with Crippen LogP contribution in [0.4, 0.5) is 10.1 Å². The summed E-state index contributed by atoms with van der Waals surface area (Å²) < 4.78 is 13.9. The maximum atomic E-state index is 13.9. The van der Waals surface area contributed by atoms with E-state index >= 15 is 0 Å². The lowest BCUT2D eigenvalue weighted by Gasteiger charge is -2.36.